The first-order valence-electron chi connectivity index (χ1n) is 10.2. The van der Waals surface area contributed by atoms with E-state index in [2.05, 4.69) is 53.6 Å². The van der Waals surface area contributed by atoms with Crippen molar-refractivity contribution < 1.29 is 9.53 Å². The molecular weight excluding hydrogens is 340 g/mol. The number of guanidine groups is 1. The van der Waals surface area contributed by atoms with Crippen LogP contribution in [0, 0.1) is 6.92 Å². The molecule has 27 heavy (non-hydrogen) atoms. The van der Waals surface area contributed by atoms with Gasteiger partial charge in [0.25, 0.3) is 0 Å². The molecule has 148 valence electrons. The lowest BCUT2D eigenvalue weighted by Crippen LogP contribution is -2.48. The zero-order valence-electron chi connectivity index (χ0n) is 16.5. The fraction of sp³-hybridized carbons (Fsp3) is 0.619. The number of aryl methyl sites for hydroxylation is 1. The summed E-state index contributed by atoms with van der Waals surface area (Å²) in [7, 11) is 0. The molecule has 2 N–H and O–H groups in total. The number of aliphatic imine (C=N–C) groups is 1. The second kappa shape index (κ2) is 9.74. The van der Waals surface area contributed by atoms with Gasteiger partial charge in [-0.1, -0.05) is 24.3 Å². The van der Waals surface area contributed by atoms with E-state index in [4.69, 9.17) is 9.73 Å². The van der Waals surface area contributed by atoms with Gasteiger partial charge in [0.2, 0.25) is 5.91 Å². The molecule has 0 spiro atoms. The summed E-state index contributed by atoms with van der Waals surface area (Å²) in [5, 5.41) is 6.42. The highest BCUT2D eigenvalue weighted by molar-refractivity contribution is 5.80. The zero-order chi connectivity index (χ0) is 19.1. The third-order valence-corrected chi connectivity index (χ3v) is 5.00. The van der Waals surface area contributed by atoms with Gasteiger partial charge >= 0.3 is 0 Å². The first-order chi connectivity index (χ1) is 13.2. The lowest BCUT2D eigenvalue weighted by Gasteiger charge is -2.35. The summed E-state index contributed by atoms with van der Waals surface area (Å²) in [4.78, 5) is 18.8. The van der Waals surface area contributed by atoms with Crippen LogP contribution < -0.4 is 10.6 Å². The molecule has 1 heterocycles. The molecular formula is C21H32N4O2. The van der Waals surface area contributed by atoms with Crippen LogP contribution in [-0.2, 0) is 9.53 Å². The molecule has 1 saturated carbocycles. The first kappa shape index (κ1) is 19.7. The SMILES string of the molecule is CCNC(=NCCCC(=O)NC1CC1)N1CCOC(c2ccccc2C)C1. The fourth-order valence-electron chi connectivity index (χ4n) is 3.36. The number of amides is 1. The smallest absolute Gasteiger partial charge is 0.220 e. The van der Waals surface area contributed by atoms with E-state index >= 15 is 0 Å². The number of benzene rings is 1. The van der Waals surface area contributed by atoms with Crippen molar-refractivity contribution >= 4 is 11.9 Å². The van der Waals surface area contributed by atoms with Crippen LogP contribution in [-0.4, -0.2) is 55.6 Å². The second-order valence-corrected chi connectivity index (χ2v) is 7.34. The molecule has 0 aromatic heterocycles. The van der Waals surface area contributed by atoms with Gasteiger partial charge < -0.3 is 20.3 Å². The van der Waals surface area contributed by atoms with E-state index in [1.165, 1.54) is 11.1 Å². The Bertz CT molecular complexity index is 657. The molecule has 1 amide bonds. The van der Waals surface area contributed by atoms with E-state index in [0.29, 0.717) is 25.6 Å². The Kier molecular flexibility index (Phi) is 7.10. The third kappa shape index (κ3) is 5.96. The molecule has 1 aliphatic heterocycles. The topological polar surface area (TPSA) is 66.0 Å². The minimum Gasteiger partial charge on any atom is -0.370 e. The monoisotopic (exact) mass is 372 g/mol. The maximum atomic E-state index is 11.8. The van der Waals surface area contributed by atoms with Crippen LogP contribution in [0.15, 0.2) is 29.3 Å². The largest absolute Gasteiger partial charge is 0.370 e. The van der Waals surface area contributed by atoms with E-state index in [1.807, 2.05) is 0 Å². The van der Waals surface area contributed by atoms with Gasteiger partial charge in [-0.2, -0.15) is 0 Å². The summed E-state index contributed by atoms with van der Waals surface area (Å²) < 4.78 is 6.03. The standard InChI is InChI=1S/C21H32N4O2/c1-3-22-21(23-12-6-9-20(26)24-17-10-11-17)25-13-14-27-19(15-25)18-8-5-4-7-16(18)2/h4-5,7-8,17,19H,3,6,9-15H2,1-2H3,(H,22,23)(H,24,26). The lowest BCUT2D eigenvalue weighted by atomic mass is 10.0. The highest BCUT2D eigenvalue weighted by atomic mass is 16.5. The number of ether oxygens (including phenoxy) is 1. The number of nitrogens with zero attached hydrogens (tertiary/aromatic N) is 2. The Hall–Kier alpha value is -2.08. The normalized spacial score (nSPS) is 20.4. The molecule has 3 rings (SSSR count). The van der Waals surface area contributed by atoms with Gasteiger partial charge in [-0.15, -0.1) is 0 Å². The van der Waals surface area contributed by atoms with Gasteiger partial charge in [0.05, 0.1) is 13.2 Å². The second-order valence-electron chi connectivity index (χ2n) is 7.34. The van der Waals surface area contributed by atoms with Crippen LogP contribution in [0.1, 0.15) is 49.8 Å². The van der Waals surface area contributed by atoms with Crippen molar-refractivity contribution in [2.45, 2.75) is 51.7 Å². The average molecular weight is 373 g/mol. The Morgan fingerprint density at radius 2 is 2.15 bits per heavy atom. The van der Waals surface area contributed by atoms with Crippen LogP contribution >= 0.6 is 0 Å². The Balaban J connectivity index is 1.54. The van der Waals surface area contributed by atoms with Gasteiger partial charge in [-0.05, 0) is 44.2 Å². The predicted molar refractivity (Wildman–Crippen MR) is 108 cm³/mol. The minimum absolute atomic E-state index is 0.0631. The summed E-state index contributed by atoms with van der Waals surface area (Å²) in [5.74, 6) is 1.07. The van der Waals surface area contributed by atoms with Crippen molar-refractivity contribution in [3.63, 3.8) is 0 Å². The highest BCUT2D eigenvalue weighted by Gasteiger charge is 2.25. The van der Waals surface area contributed by atoms with Crippen molar-refractivity contribution in [1.29, 1.82) is 0 Å². The lowest BCUT2D eigenvalue weighted by molar-refractivity contribution is -0.121. The highest BCUT2D eigenvalue weighted by Crippen LogP contribution is 2.25. The Morgan fingerprint density at radius 1 is 1.33 bits per heavy atom. The molecule has 0 radical (unpaired) electrons. The number of hydrogen-bond acceptors (Lipinski definition) is 3. The summed E-state index contributed by atoms with van der Waals surface area (Å²) in [5.41, 5.74) is 2.50. The van der Waals surface area contributed by atoms with E-state index < -0.39 is 0 Å². The zero-order valence-corrected chi connectivity index (χ0v) is 16.5. The first-order valence-corrected chi connectivity index (χ1v) is 10.2. The van der Waals surface area contributed by atoms with Crippen molar-refractivity contribution in [2.24, 2.45) is 4.99 Å². The molecule has 1 unspecified atom stereocenters. The van der Waals surface area contributed by atoms with Crippen LogP contribution in [0.5, 0.6) is 0 Å². The summed E-state index contributed by atoms with van der Waals surface area (Å²) >= 11 is 0. The van der Waals surface area contributed by atoms with Gasteiger partial charge in [0.15, 0.2) is 5.96 Å². The third-order valence-electron chi connectivity index (χ3n) is 5.00. The number of hydrogen-bond donors (Lipinski definition) is 2. The van der Waals surface area contributed by atoms with Crippen LogP contribution in [0.2, 0.25) is 0 Å². The van der Waals surface area contributed by atoms with Gasteiger partial charge in [-0.3, -0.25) is 9.79 Å². The van der Waals surface area contributed by atoms with Gasteiger partial charge in [0.1, 0.15) is 6.10 Å². The molecule has 1 atom stereocenters. The number of morpholine rings is 1. The quantitative estimate of drug-likeness (QED) is 0.438. The molecule has 6 nitrogen and oxygen atoms in total. The molecule has 0 bridgehead atoms. The number of carbonyl (C=O) groups is 1. The Labute approximate surface area is 162 Å². The Morgan fingerprint density at radius 3 is 2.89 bits per heavy atom. The average Bonchev–Trinajstić information content (AvgIpc) is 3.48. The fourth-order valence-corrected chi connectivity index (χ4v) is 3.36. The maximum absolute atomic E-state index is 11.8. The van der Waals surface area contributed by atoms with E-state index in [1.54, 1.807) is 0 Å². The van der Waals surface area contributed by atoms with E-state index in [9.17, 15) is 4.79 Å². The molecule has 2 aliphatic rings. The van der Waals surface area contributed by atoms with E-state index in [-0.39, 0.29) is 12.0 Å². The molecule has 1 aliphatic carbocycles. The van der Waals surface area contributed by atoms with Gasteiger partial charge in [-0.25, -0.2) is 0 Å². The summed E-state index contributed by atoms with van der Waals surface area (Å²) in [6.45, 7) is 8.00. The maximum Gasteiger partial charge on any atom is 0.220 e. The van der Waals surface area contributed by atoms with Crippen LogP contribution in [0.3, 0.4) is 0 Å². The van der Waals surface area contributed by atoms with Crippen LogP contribution in [0.4, 0.5) is 0 Å². The predicted octanol–water partition coefficient (Wildman–Crippen LogP) is 2.39. The van der Waals surface area contributed by atoms with Crippen molar-refractivity contribution in [3.8, 4) is 0 Å². The minimum atomic E-state index is 0.0631. The number of rotatable bonds is 7. The number of nitrogens with one attached hydrogen (secondary N) is 2. The van der Waals surface area contributed by atoms with Crippen molar-refractivity contribution in [2.75, 3.05) is 32.8 Å². The van der Waals surface area contributed by atoms with Gasteiger partial charge in [0, 0.05) is 32.1 Å². The molecule has 1 saturated heterocycles. The summed E-state index contributed by atoms with van der Waals surface area (Å²) in [6.07, 6.45) is 3.65. The van der Waals surface area contributed by atoms with Crippen molar-refractivity contribution in [1.82, 2.24) is 15.5 Å². The molecule has 1 aromatic carbocycles. The number of carbonyl (C=O) groups excluding carboxylic acids is 1. The molecule has 6 heteroatoms. The van der Waals surface area contributed by atoms with Crippen molar-refractivity contribution in [3.05, 3.63) is 35.4 Å². The van der Waals surface area contributed by atoms with E-state index in [0.717, 1.165) is 44.9 Å². The van der Waals surface area contributed by atoms with Crippen LogP contribution in [0.25, 0.3) is 0 Å². The summed E-state index contributed by atoms with van der Waals surface area (Å²) in [6, 6.07) is 8.83. The molecule has 1 aromatic rings. The molecule has 2 fully saturated rings.